The third-order valence-electron chi connectivity index (χ3n) is 3.55. The zero-order valence-corrected chi connectivity index (χ0v) is 11.3. The number of para-hydroxylation sites is 1. The number of rotatable bonds is 5. The van der Waals surface area contributed by atoms with E-state index in [2.05, 4.69) is 0 Å². The summed E-state index contributed by atoms with van der Waals surface area (Å²) in [5, 5.41) is 9.14. The summed E-state index contributed by atoms with van der Waals surface area (Å²) in [7, 11) is 1.61. The molecule has 1 heterocycles. The van der Waals surface area contributed by atoms with Crippen LogP contribution in [0.25, 0.3) is 0 Å². The molecule has 1 fully saturated rings. The molecule has 1 atom stereocenters. The van der Waals surface area contributed by atoms with Crippen LogP contribution in [0.5, 0.6) is 5.75 Å². The lowest BCUT2D eigenvalue weighted by Crippen LogP contribution is -2.44. The number of benzene rings is 1. The van der Waals surface area contributed by atoms with E-state index in [-0.39, 0.29) is 12.7 Å². The lowest BCUT2D eigenvalue weighted by molar-refractivity contribution is 0.131. The summed E-state index contributed by atoms with van der Waals surface area (Å²) in [5.41, 5.74) is 0.458. The highest BCUT2D eigenvalue weighted by Crippen LogP contribution is 2.31. The number of cyclic esters (lactones) is 1. The summed E-state index contributed by atoms with van der Waals surface area (Å²) in [6.45, 7) is 2.67. The average Bonchev–Trinajstić information content (AvgIpc) is 2.68. The van der Waals surface area contributed by atoms with Crippen molar-refractivity contribution in [3.05, 3.63) is 29.8 Å². The van der Waals surface area contributed by atoms with Crippen molar-refractivity contribution in [1.82, 2.24) is 4.90 Å². The van der Waals surface area contributed by atoms with Crippen LogP contribution in [0.2, 0.25) is 0 Å². The van der Waals surface area contributed by atoms with Crippen molar-refractivity contribution in [2.45, 2.75) is 25.4 Å². The van der Waals surface area contributed by atoms with Gasteiger partial charge in [0.15, 0.2) is 0 Å². The van der Waals surface area contributed by atoms with Crippen LogP contribution >= 0.6 is 0 Å². The van der Waals surface area contributed by atoms with E-state index in [1.54, 1.807) is 12.0 Å². The van der Waals surface area contributed by atoms with E-state index in [0.29, 0.717) is 19.6 Å². The van der Waals surface area contributed by atoms with E-state index in [1.807, 2.05) is 31.2 Å². The molecule has 1 aliphatic rings. The van der Waals surface area contributed by atoms with Crippen LogP contribution in [-0.4, -0.2) is 42.0 Å². The molecule has 1 N–H and O–H groups in total. The monoisotopic (exact) mass is 265 g/mol. The third-order valence-corrected chi connectivity index (χ3v) is 3.55. The standard InChI is InChI=1S/C14H19NO4/c1-14(7-8-16)10-19-13(17)15(14)9-11-5-3-4-6-12(11)18-2/h3-6,16H,7-10H2,1-2H3. The molecule has 1 saturated heterocycles. The summed E-state index contributed by atoms with van der Waals surface area (Å²) >= 11 is 0. The highest BCUT2D eigenvalue weighted by Gasteiger charge is 2.43. The minimum Gasteiger partial charge on any atom is -0.496 e. The number of carbonyl (C=O) groups excluding carboxylic acids is 1. The number of hydrogen-bond acceptors (Lipinski definition) is 4. The van der Waals surface area contributed by atoms with Gasteiger partial charge in [0.2, 0.25) is 0 Å². The summed E-state index contributed by atoms with van der Waals surface area (Å²) in [5.74, 6) is 0.744. The molecular formula is C14H19NO4. The second kappa shape index (κ2) is 5.48. The van der Waals surface area contributed by atoms with E-state index in [0.717, 1.165) is 11.3 Å². The number of ether oxygens (including phenoxy) is 2. The van der Waals surface area contributed by atoms with Gasteiger partial charge >= 0.3 is 6.09 Å². The predicted molar refractivity (Wildman–Crippen MR) is 70.0 cm³/mol. The van der Waals surface area contributed by atoms with Crippen molar-refractivity contribution >= 4 is 6.09 Å². The SMILES string of the molecule is COc1ccccc1CN1C(=O)OCC1(C)CCO. The second-order valence-electron chi connectivity index (χ2n) is 4.92. The smallest absolute Gasteiger partial charge is 0.410 e. The van der Waals surface area contributed by atoms with Crippen LogP contribution in [0.1, 0.15) is 18.9 Å². The number of methoxy groups -OCH3 is 1. The Morgan fingerprint density at radius 1 is 1.47 bits per heavy atom. The highest BCUT2D eigenvalue weighted by atomic mass is 16.6. The molecule has 2 rings (SSSR count). The molecule has 5 nitrogen and oxygen atoms in total. The Bertz CT molecular complexity index is 463. The molecule has 5 heteroatoms. The number of nitrogens with zero attached hydrogens (tertiary/aromatic N) is 1. The maximum atomic E-state index is 11.8. The molecular weight excluding hydrogens is 246 g/mol. The van der Waals surface area contributed by atoms with Gasteiger partial charge in [-0.15, -0.1) is 0 Å². The molecule has 0 radical (unpaired) electrons. The first-order chi connectivity index (χ1) is 9.10. The maximum Gasteiger partial charge on any atom is 0.410 e. The number of hydrogen-bond donors (Lipinski definition) is 1. The Morgan fingerprint density at radius 3 is 2.89 bits per heavy atom. The largest absolute Gasteiger partial charge is 0.496 e. The Kier molecular flexibility index (Phi) is 3.95. The molecule has 1 unspecified atom stereocenters. The van der Waals surface area contributed by atoms with Crippen molar-refractivity contribution in [3.63, 3.8) is 0 Å². The van der Waals surface area contributed by atoms with Crippen molar-refractivity contribution in [3.8, 4) is 5.75 Å². The topological polar surface area (TPSA) is 59.0 Å². The van der Waals surface area contributed by atoms with E-state index in [1.165, 1.54) is 0 Å². The lowest BCUT2D eigenvalue weighted by atomic mass is 9.97. The van der Waals surface area contributed by atoms with Gasteiger partial charge in [-0.3, -0.25) is 4.90 Å². The predicted octanol–water partition coefficient (Wildman–Crippen LogP) is 1.79. The fourth-order valence-electron chi connectivity index (χ4n) is 2.30. The van der Waals surface area contributed by atoms with Gasteiger partial charge in [-0.25, -0.2) is 4.79 Å². The van der Waals surface area contributed by atoms with Crippen LogP contribution < -0.4 is 4.74 Å². The molecule has 0 spiro atoms. The Balaban J connectivity index is 2.22. The van der Waals surface area contributed by atoms with E-state index < -0.39 is 5.54 Å². The summed E-state index contributed by atoms with van der Waals surface area (Å²) in [4.78, 5) is 13.5. The van der Waals surface area contributed by atoms with E-state index >= 15 is 0 Å². The van der Waals surface area contributed by atoms with Crippen molar-refractivity contribution in [1.29, 1.82) is 0 Å². The fraction of sp³-hybridized carbons (Fsp3) is 0.500. The van der Waals surface area contributed by atoms with E-state index in [9.17, 15) is 4.79 Å². The quantitative estimate of drug-likeness (QED) is 0.881. The van der Waals surface area contributed by atoms with Crippen LogP contribution in [0.15, 0.2) is 24.3 Å². The minimum atomic E-state index is -0.466. The maximum absolute atomic E-state index is 11.8. The third kappa shape index (κ3) is 2.66. The number of aliphatic hydroxyl groups excluding tert-OH is 1. The van der Waals surface area contributed by atoms with Crippen LogP contribution in [-0.2, 0) is 11.3 Å². The molecule has 19 heavy (non-hydrogen) atoms. The van der Waals surface area contributed by atoms with Gasteiger partial charge in [-0.05, 0) is 19.4 Å². The van der Waals surface area contributed by atoms with Crippen LogP contribution in [0.3, 0.4) is 0 Å². The lowest BCUT2D eigenvalue weighted by Gasteiger charge is -2.31. The number of amides is 1. The van der Waals surface area contributed by atoms with Gasteiger partial charge in [-0.1, -0.05) is 18.2 Å². The number of carbonyl (C=O) groups is 1. The first-order valence-electron chi connectivity index (χ1n) is 6.28. The second-order valence-corrected chi connectivity index (χ2v) is 4.92. The average molecular weight is 265 g/mol. The molecule has 1 aromatic carbocycles. The Labute approximate surface area is 112 Å². The zero-order valence-electron chi connectivity index (χ0n) is 11.3. The van der Waals surface area contributed by atoms with Gasteiger partial charge in [0.05, 0.1) is 19.2 Å². The van der Waals surface area contributed by atoms with Crippen LogP contribution in [0, 0.1) is 0 Å². The van der Waals surface area contributed by atoms with Crippen molar-refractivity contribution < 1.29 is 19.4 Å². The van der Waals surface area contributed by atoms with Crippen molar-refractivity contribution in [2.75, 3.05) is 20.3 Å². The van der Waals surface area contributed by atoms with Gasteiger partial charge in [-0.2, -0.15) is 0 Å². The molecule has 104 valence electrons. The highest BCUT2D eigenvalue weighted by molar-refractivity contribution is 5.71. The van der Waals surface area contributed by atoms with Gasteiger partial charge in [0, 0.05) is 12.2 Å². The van der Waals surface area contributed by atoms with Gasteiger partial charge in [0.1, 0.15) is 12.4 Å². The molecule has 1 amide bonds. The summed E-state index contributed by atoms with van der Waals surface area (Å²) in [6, 6.07) is 7.57. The molecule has 0 bridgehead atoms. The summed E-state index contributed by atoms with van der Waals surface area (Å²) in [6.07, 6.45) is 0.148. The Morgan fingerprint density at radius 2 is 2.21 bits per heavy atom. The first kappa shape index (κ1) is 13.7. The van der Waals surface area contributed by atoms with Crippen molar-refractivity contribution in [2.24, 2.45) is 0 Å². The zero-order chi connectivity index (χ0) is 13.9. The molecule has 0 aliphatic carbocycles. The molecule has 1 aromatic rings. The van der Waals surface area contributed by atoms with Gasteiger partial charge in [0.25, 0.3) is 0 Å². The normalized spacial score (nSPS) is 22.5. The first-order valence-corrected chi connectivity index (χ1v) is 6.28. The fourth-order valence-corrected chi connectivity index (χ4v) is 2.30. The molecule has 0 saturated carbocycles. The minimum absolute atomic E-state index is 0.0234. The Hall–Kier alpha value is -1.75. The molecule has 0 aromatic heterocycles. The van der Waals surface area contributed by atoms with E-state index in [4.69, 9.17) is 14.6 Å². The molecule has 1 aliphatic heterocycles. The van der Waals surface area contributed by atoms with Crippen LogP contribution in [0.4, 0.5) is 4.79 Å². The number of aliphatic hydroxyl groups is 1. The summed E-state index contributed by atoms with van der Waals surface area (Å²) < 4.78 is 10.4. The van der Waals surface area contributed by atoms with Gasteiger partial charge < -0.3 is 14.6 Å².